The molecule has 134 valence electrons. The standard InChI is InChI=1S/C22H20N4O/c27-22(24-11-9-14-13-25-18-7-3-1-5-15(14)18)21-20-17(10-12-23-21)16-6-2-4-8-19(16)26-20/h1-8,13,25-26H,9-12H2,(H,24,27). The Morgan fingerprint density at radius 3 is 2.70 bits per heavy atom. The van der Waals surface area contributed by atoms with Crippen molar-refractivity contribution in [3.8, 4) is 0 Å². The monoisotopic (exact) mass is 356 g/mol. The summed E-state index contributed by atoms with van der Waals surface area (Å²) >= 11 is 0. The highest BCUT2D eigenvalue weighted by atomic mass is 16.1. The largest absolute Gasteiger partial charge is 0.361 e. The van der Waals surface area contributed by atoms with Crippen LogP contribution in [0.4, 0.5) is 0 Å². The Kier molecular flexibility index (Phi) is 3.78. The van der Waals surface area contributed by atoms with Gasteiger partial charge in [-0.05, 0) is 36.1 Å². The summed E-state index contributed by atoms with van der Waals surface area (Å²) < 4.78 is 0. The van der Waals surface area contributed by atoms with Gasteiger partial charge in [-0.3, -0.25) is 9.79 Å². The van der Waals surface area contributed by atoms with Gasteiger partial charge >= 0.3 is 0 Å². The van der Waals surface area contributed by atoms with Crippen molar-refractivity contribution < 1.29 is 4.79 Å². The van der Waals surface area contributed by atoms with Crippen LogP contribution in [0.1, 0.15) is 16.8 Å². The van der Waals surface area contributed by atoms with Gasteiger partial charge in [-0.1, -0.05) is 36.4 Å². The third-order valence-corrected chi connectivity index (χ3v) is 5.25. The zero-order chi connectivity index (χ0) is 18.2. The fourth-order valence-corrected chi connectivity index (χ4v) is 3.94. The van der Waals surface area contributed by atoms with Crippen molar-refractivity contribution in [3.05, 3.63) is 71.5 Å². The highest BCUT2D eigenvalue weighted by Gasteiger charge is 2.24. The smallest absolute Gasteiger partial charge is 0.271 e. The number of aliphatic imine (C=N–C) groups is 1. The third-order valence-electron chi connectivity index (χ3n) is 5.25. The molecule has 5 nitrogen and oxygen atoms in total. The van der Waals surface area contributed by atoms with E-state index in [0.717, 1.165) is 29.6 Å². The normalized spacial score (nSPS) is 13.6. The lowest BCUT2D eigenvalue weighted by molar-refractivity contribution is -0.114. The third kappa shape index (κ3) is 2.72. The van der Waals surface area contributed by atoms with Crippen molar-refractivity contribution in [1.29, 1.82) is 0 Å². The number of carbonyl (C=O) groups excluding carboxylic acids is 1. The van der Waals surface area contributed by atoms with Gasteiger partial charge in [0.25, 0.3) is 5.91 Å². The lowest BCUT2D eigenvalue weighted by Gasteiger charge is -2.13. The first-order chi connectivity index (χ1) is 13.3. The molecule has 2 aromatic carbocycles. The summed E-state index contributed by atoms with van der Waals surface area (Å²) in [5.41, 5.74) is 5.98. The minimum absolute atomic E-state index is 0.109. The Balaban J connectivity index is 1.33. The van der Waals surface area contributed by atoms with Crippen LogP contribution in [0.15, 0.2) is 59.7 Å². The average molecular weight is 356 g/mol. The number of H-pyrrole nitrogens is 2. The van der Waals surface area contributed by atoms with Crippen molar-refractivity contribution in [3.63, 3.8) is 0 Å². The zero-order valence-electron chi connectivity index (χ0n) is 14.9. The number of nitrogens with one attached hydrogen (secondary N) is 3. The summed E-state index contributed by atoms with van der Waals surface area (Å²) in [5.74, 6) is -0.109. The number of aromatic nitrogens is 2. The molecule has 3 heterocycles. The van der Waals surface area contributed by atoms with Gasteiger partial charge in [0.2, 0.25) is 0 Å². The maximum absolute atomic E-state index is 12.8. The quantitative estimate of drug-likeness (QED) is 0.515. The molecule has 4 aromatic rings. The van der Waals surface area contributed by atoms with Gasteiger partial charge < -0.3 is 15.3 Å². The number of benzene rings is 2. The fourth-order valence-electron chi connectivity index (χ4n) is 3.94. The topological polar surface area (TPSA) is 73.0 Å². The minimum atomic E-state index is -0.109. The van der Waals surface area contributed by atoms with Gasteiger partial charge in [0.05, 0.1) is 5.69 Å². The molecule has 0 saturated heterocycles. The van der Waals surface area contributed by atoms with Crippen molar-refractivity contribution in [1.82, 2.24) is 15.3 Å². The minimum Gasteiger partial charge on any atom is -0.361 e. The van der Waals surface area contributed by atoms with Crippen LogP contribution in [0.5, 0.6) is 0 Å². The van der Waals surface area contributed by atoms with Gasteiger partial charge in [0, 0.05) is 41.1 Å². The molecular formula is C22H20N4O. The van der Waals surface area contributed by atoms with E-state index in [9.17, 15) is 4.79 Å². The second-order valence-corrected chi connectivity index (χ2v) is 6.87. The predicted molar refractivity (Wildman–Crippen MR) is 108 cm³/mol. The summed E-state index contributed by atoms with van der Waals surface area (Å²) in [6.07, 6.45) is 3.67. The number of hydrogen-bond acceptors (Lipinski definition) is 2. The molecule has 1 amide bonds. The molecule has 0 fully saturated rings. The Labute approximate surface area is 156 Å². The second kappa shape index (κ2) is 6.43. The van der Waals surface area contributed by atoms with Crippen LogP contribution in [0.2, 0.25) is 0 Å². The first-order valence-corrected chi connectivity index (χ1v) is 9.29. The molecule has 1 aliphatic heterocycles. The molecule has 0 bridgehead atoms. The van der Waals surface area contributed by atoms with Crippen LogP contribution < -0.4 is 5.32 Å². The van der Waals surface area contributed by atoms with E-state index in [1.165, 1.54) is 21.9 Å². The maximum atomic E-state index is 12.8. The Morgan fingerprint density at radius 2 is 1.81 bits per heavy atom. The van der Waals surface area contributed by atoms with Crippen LogP contribution in [0.3, 0.4) is 0 Å². The first kappa shape index (κ1) is 15.9. The zero-order valence-corrected chi connectivity index (χ0v) is 14.9. The lowest BCUT2D eigenvalue weighted by atomic mass is 10.0. The summed E-state index contributed by atoms with van der Waals surface area (Å²) in [7, 11) is 0. The van der Waals surface area contributed by atoms with Crippen LogP contribution in [-0.2, 0) is 17.6 Å². The van der Waals surface area contributed by atoms with E-state index < -0.39 is 0 Å². The summed E-state index contributed by atoms with van der Waals surface area (Å²) in [6.45, 7) is 1.23. The molecule has 0 saturated carbocycles. The van der Waals surface area contributed by atoms with E-state index in [2.05, 4.69) is 38.5 Å². The SMILES string of the molecule is O=C(NCCc1c[nH]c2ccccc12)C1=NCCc2c1[nH]c1ccccc21. The van der Waals surface area contributed by atoms with Gasteiger partial charge in [0.1, 0.15) is 5.71 Å². The number of hydrogen-bond donors (Lipinski definition) is 3. The van der Waals surface area contributed by atoms with Gasteiger partial charge in [-0.15, -0.1) is 0 Å². The lowest BCUT2D eigenvalue weighted by Crippen LogP contribution is -2.35. The highest BCUT2D eigenvalue weighted by Crippen LogP contribution is 2.26. The number of fused-ring (bicyclic) bond motifs is 4. The van der Waals surface area contributed by atoms with Crippen molar-refractivity contribution in [2.24, 2.45) is 4.99 Å². The van der Waals surface area contributed by atoms with Crippen LogP contribution in [0.25, 0.3) is 21.8 Å². The molecule has 0 unspecified atom stereocenters. The molecule has 3 N–H and O–H groups in total. The molecule has 0 aliphatic carbocycles. The molecule has 0 spiro atoms. The van der Waals surface area contributed by atoms with E-state index in [-0.39, 0.29) is 5.91 Å². The number of nitrogens with zero attached hydrogens (tertiary/aromatic N) is 1. The first-order valence-electron chi connectivity index (χ1n) is 9.29. The summed E-state index contributed by atoms with van der Waals surface area (Å²) in [6, 6.07) is 16.4. The average Bonchev–Trinajstić information content (AvgIpc) is 3.29. The number of rotatable bonds is 4. The Morgan fingerprint density at radius 1 is 1.04 bits per heavy atom. The van der Waals surface area contributed by atoms with Gasteiger partial charge in [-0.25, -0.2) is 0 Å². The Hall–Kier alpha value is -3.34. The van der Waals surface area contributed by atoms with E-state index in [4.69, 9.17) is 0 Å². The molecule has 2 aromatic heterocycles. The van der Waals surface area contributed by atoms with Crippen LogP contribution >= 0.6 is 0 Å². The number of aromatic amines is 2. The van der Waals surface area contributed by atoms with Crippen LogP contribution in [-0.4, -0.2) is 34.7 Å². The van der Waals surface area contributed by atoms with Crippen molar-refractivity contribution in [2.75, 3.05) is 13.1 Å². The maximum Gasteiger partial charge on any atom is 0.271 e. The molecule has 0 atom stereocenters. The molecule has 5 heteroatoms. The van der Waals surface area contributed by atoms with Gasteiger partial charge in [0.15, 0.2) is 0 Å². The van der Waals surface area contributed by atoms with Crippen molar-refractivity contribution in [2.45, 2.75) is 12.8 Å². The second-order valence-electron chi connectivity index (χ2n) is 6.87. The molecule has 27 heavy (non-hydrogen) atoms. The summed E-state index contributed by atoms with van der Waals surface area (Å²) in [5, 5.41) is 5.43. The molecule has 0 radical (unpaired) electrons. The molecule has 1 aliphatic rings. The number of carbonyl (C=O) groups is 1. The number of amides is 1. The fraction of sp³-hybridized carbons (Fsp3) is 0.182. The van der Waals surface area contributed by atoms with E-state index in [0.29, 0.717) is 18.8 Å². The highest BCUT2D eigenvalue weighted by molar-refractivity contribution is 6.46. The molecule has 5 rings (SSSR count). The number of para-hydroxylation sites is 2. The van der Waals surface area contributed by atoms with Gasteiger partial charge in [-0.2, -0.15) is 0 Å². The predicted octanol–water partition coefficient (Wildman–Crippen LogP) is 3.35. The molecular weight excluding hydrogens is 336 g/mol. The van der Waals surface area contributed by atoms with E-state index in [1.54, 1.807) is 0 Å². The Bertz CT molecular complexity index is 1180. The van der Waals surface area contributed by atoms with Crippen molar-refractivity contribution >= 4 is 33.4 Å². The van der Waals surface area contributed by atoms with Crippen LogP contribution in [0, 0.1) is 0 Å². The summed E-state index contributed by atoms with van der Waals surface area (Å²) in [4.78, 5) is 23.9. The van der Waals surface area contributed by atoms with E-state index in [1.807, 2.05) is 36.5 Å². The van der Waals surface area contributed by atoms with E-state index >= 15 is 0 Å².